The second kappa shape index (κ2) is 6.41. The van der Waals surface area contributed by atoms with E-state index in [2.05, 4.69) is 21.1 Å². The average Bonchev–Trinajstić information content (AvgIpc) is 2.53. The molecule has 0 heterocycles. The highest BCUT2D eigenvalue weighted by Gasteiger charge is 2.16. The lowest BCUT2D eigenvalue weighted by Crippen LogP contribution is -2.27. The average molecular weight is 348 g/mol. The quantitative estimate of drug-likeness (QED) is 0.387. The van der Waals surface area contributed by atoms with Gasteiger partial charge in [-0.1, -0.05) is 29.4 Å². The van der Waals surface area contributed by atoms with Crippen molar-refractivity contribution in [3.8, 4) is 0 Å². The summed E-state index contributed by atoms with van der Waals surface area (Å²) in [5.41, 5.74) is 7.32. The third-order valence-electron chi connectivity index (χ3n) is 3.05. The van der Waals surface area contributed by atoms with Gasteiger partial charge < -0.3 is 15.8 Å². The number of amidine groups is 1. The normalized spacial score (nSPS) is 11.2. The number of halogens is 1. The molecule has 1 amide bonds. The van der Waals surface area contributed by atoms with Gasteiger partial charge in [0.2, 0.25) is 0 Å². The predicted octanol–water partition coefficient (Wildman–Crippen LogP) is 2.82. The molecule has 2 aromatic rings. The molecule has 0 aliphatic heterocycles. The molecular formula is C15H14BrN3O2. The van der Waals surface area contributed by atoms with Gasteiger partial charge in [-0.2, -0.15) is 0 Å². The minimum Gasteiger partial charge on any atom is -0.409 e. The van der Waals surface area contributed by atoms with Gasteiger partial charge in [0.05, 0.1) is 5.56 Å². The van der Waals surface area contributed by atoms with E-state index in [4.69, 9.17) is 10.9 Å². The number of nitrogens with zero attached hydrogens (tertiary/aromatic N) is 2. The molecule has 0 atom stereocenters. The molecule has 0 radical (unpaired) electrons. The Balaban J connectivity index is 2.34. The molecule has 0 aliphatic carbocycles. The molecule has 0 saturated carbocycles. The standard InChI is InChI=1S/C15H14BrN3O2/c1-19(15(20)12-7-2-3-8-13(12)16)11-6-4-5-10(9-11)14(17)18-21/h2-9,21H,1H3,(H2,17,18). The highest BCUT2D eigenvalue weighted by Crippen LogP contribution is 2.21. The number of amides is 1. The largest absolute Gasteiger partial charge is 0.409 e. The van der Waals surface area contributed by atoms with E-state index in [0.717, 1.165) is 4.47 Å². The predicted molar refractivity (Wildman–Crippen MR) is 85.8 cm³/mol. The molecule has 0 unspecified atom stereocenters. The molecular weight excluding hydrogens is 334 g/mol. The van der Waals surface area contributed by atoms with Crippen molar-refractivity contribution in [2.45, 2.75) is 0 Å². The Labute approximate surface area is 130 Å². The zero-order valence-electron chi connectivity index (χ0n) is 11.3. The number of carbonyl (C=O) groups excluding carboxylic acids is 1. The van der Waals surface area contributed by atoms with Crippen molar-refractivity contribution in [1.82, 2.24) is 0 Å². The first-order chi connectivity index (χ1) is 10.0. The Morgan fingerprint density at radius 3 is 2.62 bits per heavy atom. The summed E-state index contributed by atoms with van der Waals surface area (Å²) < 4.78 is 0.731. The van der Waals surface area contributed by atoms with E-state index in [1.54, 1.807) is 43.4 Å². The second-order valence-corrected chi connectivity index (χ2v) is 5.23. The van der Waals surface area contributed by atoms with Crippen molar-refractivity contribution in [1.29, 1.82) is 0 Å². The minimum absolute atomic E-state index is 0.00130. The molecule has 0 saturated heterocycles. The first kappa shape index (κ1) is 15.1. The van der Waals surface area contributed by atoms with E-state index in [0.29, 0.717) is 16.8 Å². The number of rotatable bonds is 3. The zero-order chi connectivity index (χ0) is 15.4. The maximum atomic E-state index is 12.5. The summed E-state index contributed by atoms with van der Waals surface area (Å²) in [5, 5.41) is 11.7. The molecule has 0 aromatic heterocycles. The van der Waals surface area contributed by atoms with E-state index in [9.17, 15) is 4.79 Å². The lowest BCUT2D eigenvalue weighted by molar-refractivity contribution is 0.0992. The Bertz CT molecular complexity index is 701. The van der Waals surface area contributed by atoms with Crippen LogP contribution in [0, 0.1) is 0 Å². The van der Waals surface area contributed by atoms with Crippen LogP contribution < -0.4 is 10.6 Å². The molecule has 2 rings (SSSR count). The van der Waals surface area contributed by atoms with E-state index >= 15 is 0 Å². The van der Waals surface area contributed by atoms with Crippen LogP contribution in [0.25, 0.3) is 0 Å². The van der Waals surface area contributed by atoms with Crippen LogP contribution in [0.2, 0.25) is 0 Å². The van der Waals surface area contributed by atoms with Gasteiger partial charge in [0, 0.05) is 22.8 Å². The molecule has 6 heteroatoms. The lowest BCUT2D eigenvalue weighted by Gasteiger charge is -2.18. The van der Waals surface area contributed by atoms with Gasteiger partial charge in [0.15, 0.2) is 5.84 Å². The first-order valence-corrected chi connectivity index (χ1v) is 6.94. The summed E-state index contributed by atoms with van der Waals surface area (Å²) in [6.07, 6.45) is 0. The van der Waals surface area contributed by atoms with Crippen LogP contribution in [0.4, 0.5) is 5.69 Å². The van der Waals surface area contributed by atoms with Gasteiger partial charge in [-0.3, -0.25) is 4.79 Å². The second-order valence-electron chi connectivity index (χ2n) is 4.38. The van der Waals surface area contributed by atoms with Gasteiger partial charge in [0.25, 0.3) is 5.91 Å². The summed E-state index contributed by atoms with van der Waals surface area (Å²) in [7, 11) is 1.67. The number of nitrogens with two attached hydrogens (primary N) is 1. The SMILES string of the molecule is CN(C(=O)c1ccccc1Br)c1cccc(C(N)=NO)c1. The van der Waals surface area contributed by atoms with Gasteiger partial charge >= 0.3 is 0 Å². The van der Waals surface area contributed by atoms with E-state index in [-0.39, 0.29) is 11.7 Å². The fraction of sp³-hybridized carbons (Fsp3) is 0.0667. The van der Waals surface area contributed by atoms with E-state index < -0.39 is 0 Å². The van der Waals surface area contributed by atoms with Crippen molar-refractivity contribution >= 4 is 33.4 Å². The fourth-order valence-electron chi connectivity index (χ4n) is 1.86. The van der Waals surface area contributed by atoms with Gasteiger partial charge in [0.1, 0.15) is 0 Å². The minimum atomic E-state index is -0.154. The molecule has 108 valence electrons. The molecule has 5 nitrogen and oxygen atoms in total. The fourth-order valence-corrected chi connectivity index (χ4v) is 2.32. The Kier molecular flexibility index (Phi) is 4.59. The number of hydrogen-bond donors (Lipinski definition) is 2. The molecule has 0 fully saturated rings. The molecule has 0 aliphatic rings. The van der Waals surface area contributed by atoms with Gasteiger partial charge in [-0.05, 0) is 40.2 Å². The molecule has 0 spiro atoms. The van der Waals surface area contributed by atoms with Crippen LogP contribution in [0.5, 0.6) is 0 Å². The highest BCUT2D eigenvalue weighted by molar-refractivity contribution is 9.10. The van der Waals surface area contributed by atoms with Crippen LogP contribution in [-0.2, 0) is 0 Å². The Morgan fingerprint density at radius 1 is 1.24 bits per heavy atom. The summed E-state index contributed by atoms with van der Waals surface area (Å²) in [6.45, 7) is 0. The van der Waals surface area contributed by atoms with Crippen molar-refractivity contribution in [3.05, 3.63) is 64.1 Å². The third-order valence-corrected chi connectivity index (χ3v) is 3.74. The molecule has 3 N–H and O–H groups in total. The van der Waals surface area contributed by atoms with Crippen molar-refractivity contribution in [3.63, 3.8) is 0 Å². The smallest absolute Gasteiger partial charge is 0.259 e. The van der Waals surface area contributed by atoms with Crippen molar-refractivity contribution in [2.75, 3.05) is 11.9 Å². The first-order valence-electron chi connectivity index (χ1n) is 6.15. The van der Waals surface area contributed by atoms with Crippen molar-refractivity contribution < 1.29 is 10.0 Å². The summed E-state index contributed by atoms with van der Waals surface area (Å²) in [6, 6.07) is 14.1. The van der Waals surface area contributed by atoms with Crippen LogP contribution >= 0.6 is 15.9 Å². The molecule has 2 aromatic carbocycles. The van der Waals surface area contributed by atoms with Crippen LogP contribution in [-0.4, -0.2) is 24.0 Å². The van der Waals surface area contributed by atoms with Gasteiger partial charge in [-0.15, -0.1) is 0 Å². The lowest BCUT2D eigenvalue weighted by atomic mass is 10.1. The highest BCUT2D eigenvalue weighted by atomic mass is 79.9. The number of anilines is 1. The third kappa shape index (κ3) is 3.22. The topological polar surface area (TPSA) is 78.9 Å². The van der Waals surface area contributed by atoms with E-state index in [1.807, 2.05) is 12.1 Å². The number of oxime groups is 1. The molecule has 21 heavy (non-hydrogen) atoms. The zero-order valence-corrected chi connectivity index (χ0v) is 12.9. The maximum absolute atomic E-state index is 12.5. The number of carbonyl (C=O) groups is 1. The monoisotopic (exact) mass is 347 g/mol. The Morgan fingerprint density at radius 2 is 1.95 bits per heavy atom. The summed E-state index contributed by atoms with van der Waals surface area (Å²) in [5.74, 6) is -0.155. The summed E-state index contributed by atoms with van der Waals surface area (Å²) >= 11 is 3.37. The number of benzene rings is 2. The van der Waals surface area contributed by atoms with E-state index in [1.165, 1.54) is 4.90 Å². The van der Waals surface area contributed by atoms with Crippen LogP contribution in [0.1, 0.15) is 15.9 Å². The molecule has 0 bridgehead atoms. The van der Waals surface area contributed by atoms with Crippen molar-refractivity contribution in [2.24, 2.45) is 10.9 Å². The van der Waals surface area contributed by atoms with Gasteiger partial charge in [-0.25, -0.2) is 0 Å². The van der Waals surface area contributed by atoms with Crippen LogP contribution in [0.15, 0.2) is 58.2 Å². The number of hydrogen-bond acceptors (Lipinski definition) is 3. The maximum Gasteiger partial charge on any atom is 0.259 e. The summed E-state index contributed by atoms with van der Waals surface area (Å²) in [4.78, 5) is 14.0. The van der Waals surface area contributed by atoms with Crippen LogP contribution in [0.3, 0.4) is 0 Å². The Hall–Kier alpha value is -2.34.